The van der Waals surface area contributed by atoms with Crippen LogP contribution in [0.15, 0.2) is 0 Å². The minimum absolute atomic E-state index is 0.125. The van der Waals surface area contributed by atoms with Crippen molar-refractivity contribution in [3.63, 3.8) is 0 Å². The summed E-state index contributed by atoms with van der Waals surface area (Å²) in [5.41, 5.74) is -6.71. The Balaban J connectivity index is 2.28. The van der Waals surface area contributed by atoms with Crippen LogP contribution < -0.4 is 0 Å². The van der Waals surface area contributed by atoms with E-state index in [1.165, 1.54) is 180 Å². The lowest BCUT2D eigenvalue weighted by Crippen LogP contribution is -2.81. The summed E-state index contributed by atoms with van der Waals surface area (Å²) in [5, 5.41) is 37.2. The van der Waals surface area contributed by atoms with Crippen molar-refractivity contribution >= 4 is 64.8 Å². The molecule has 18 nitrogen and oxygen atoms in total. The van der Waals surface area contributed by atoms with E-state index in [9.17, 15) is 48.9 Å². The number of rotatable bonds is 52. The number of hydrogen-bond donors (Lipinski definition) is 3. The number of Topliss-reactive ketones (excluding diaryl/α,β-unsaturated/α-hetero) is 3. The molecule has 0 aromatic carbocycles. The van der Waals surface area contributed by atoms with Crippen LogP contribution in [0.25, 0.3) is 0 Å². The van der Waals surface area contributed by atoms with Gasteiger partial charge in [-0.15, -0.1) is 0 Å². The van der Waals surface area contributed by atoms with E-state index >= 15 is 0 Å². The van der Waals surface area contributed by atoms with E-state index in [0.717, 1.165) is 85.7 Å². The molecule has 0 amide bonds. The van der Waals surface area contributed by atoms with Gasteiger partial charge in [0, 0.05) is 33.6 Å². The Morgan fingerprint density at radius 3 is 1.17 bits per heavy atom. The molecule has 2 aliphatic heterocycles. The van der Waals surface area contributed by atoms with Crippen LogP contribution in [0.1, 0.15) is 268 Å². The number of carbonyl (C=O) groups is 7. The molecule has 0 saturated carbocycles. The van der Waals surface area contributed by atoms with Gasteiger partial charge in [0.15, 0.2) is 53.8 Å². The number of esters is 4. The van der Waals surface area contributed by atoms with Crippen LogP contribution in [-0.4, -0.2) is 159 Å². The second-order valence-corrected chi connectivity index (χ2v) is 26.5. The Labute approximate surface area is 525 Å². The second kappa shape index (κ2) is 46.4. The largest absolute Gasteiger partial charge is 0.463 e. The molecule has 0 bridgehead atoms. The van der Waals surface area contributed by atoms with Gasteiger partial charge in [0.25, 0.3) is 0 Å². The molecule has 2 heterocycles. The van der Waals surface area contributed by atoms with Crippen molar-refractivity contribution in [1.29, 1.82) is 0 Å². The number of aliphatic hydroxyl groups excluding tert-OH is 1. The normalized spacial score (nSPS) is 24.3. The molecule has 0 aromatic rings. The van der Waals surface area contributed by atoms with Gasteiger partial charge in [-0.05, 0) is 56.6 Å². The van der Waals surface area contributed by atoms with Gasteiger partial charge in [-0.3, -0.25) is 33.6 Å². The Kier molecular flexibility index (Phi) is 42.8. The quantitative estimate of drug-likeness (QED) is 0.0291. The molecular weight excluding hydrogens is 1140 g/mol. The van der Waals surface area contributed by atoms with E-state index in [2.05, 4.69) is 13.8 Å². The van der Waals surface area contributed by atoms with E-state index in [1.807, 2.05) is 0 Å². The van der Waals surface area contributed by atoms with Gasteiger partial charge in [-0.1, -0.05) is 206 Å². The molecule has 2 aliphatic rings. The topological polar surface area (TPSA) is 254 Å². The maximum Gasteiger partial charge on any atom is 0.303 e. The van der Waals surface area contributed by atoms with Gasteiger partial charge in [0.05, 0.1) is 6.61 Å². The molecule has 0 aliphatic carbocycles. The first-order chi connectivity index (χ1) is 41.2. The maximum absolute atomic E-state index is 14.1. The third-order valence-corrected chi connectivity index (χ3v) is 19.0. The first-order valence-electron chi connectivity index (χ1n) is 33.2. The smallest absolute Gasteiger partial charge is 0.303 e. The van der Waals surface area contributed by atoms with E-state index in [1.54, 1.807) is 23.5 Å². The fraction of sp³-hybridized carbons (Fsp3) is 0.894. The molecule has 2 saturated heterocycles. The number of hydrogen-bond acceptors (Lipinski definition) is 20. The van der Waals surface area contributed by atoms with Crippen LogP contribution in [0.2, 0.25) is 0 Å². The number of ketones is 3. The summed E-state index contributed by atoms with van der Waals surface area (Å²) in [6, 6.07) is 0. The molecule has 500 valence electrons. The lowest BCUT2D eigenvalue weighted by atomic mass is 9.68. The monoisotopic (exact) mass is 1260 g/mol. The molecule has 2 rings (SSSR count). The standard InChI is InChI=1S/C66H116O18S2/c1-10-12-14-16-18-20-22-24-26-28-30-32-34-36-38-40-42-85-46-55(47-86-43-41-39-37-35-33-31-29-27-25-23-21-19-17-15-13-11-2)44-78-64-66(76,50(5)69)65(75,49(4)68)62(59(83-64)57(74)48(3)67)84-63-61(81-54(9)73)60(80-53(8)72)58(79-52(7)71)56(82-63)45-77-51(6)70/h55-64,74-76H,10-47H2,1-9H3/t56-,57?,58+,59-,60+,61-,62-,63+,64+,65+,66+/m1/s1. The molecule has 11 atom stereocenters. The molecule has 0 aromatic heterocycles. The molecule has 0 radical (unpaired) electrons. The van der Waals surface area contributed by atoms with Gasteiger partial charge in [0.2, 0.25) is 5.60 Å². The predicted octanol–water partition coefficient (Wildman–Crippen LogP) is 12.4. The van der Waals surface area contributed by atoms with Crippen LogP contribution in [0.4, 0.5) is 0 Å². The summed E-state index contributed by atoms with van der Waals surface area (Å²) in [5.74, 6) is -4.23. The van der Waals surface area contributed by atoms with Crippen LogP contribution >= 0.6 is 23.5 Å². The van der Waals surface area contributed by atoms with Crippen molar-refractivity contribution in [3.05, 3.63) is 0 Å². The Hall–Kier alpha value is -2.69. The highest BCUT2D eigenvalue weighted by molar-refractivity contribution is 8.00. The highest BCUT2D eigenvalue weighted by atomic mass is 32.2. The van der Waals surface area contributed by atoms with Crippen molar-refractivity contribution in [2.75, 3.05) is 36.2 Å². The zero-order chi connectivity index (χ0) is 63.8. The summed E-state index contributed by atoms with van der Waals surface area (Å²) >= 11 is 3.55. The van der Waals surface area contributed by atoms with Crippen LogP contribution in [0.5, 0.6) is 0 Å². The van der Waals surface area contributed by atoms with E-state index in [0.29, 0.717) is 11.5 Å². The van der Waals surface area contributed by atoms with Gasteiger partial charge in [0.1, 0.15) is 31.0 Å². The minimum atomic E-state index is -3.42. The average Bonchev–Trinajstić information content (AvgIpc) is 0.754. The van der Waals surface area contributed by atoms with Crippen LogP contribution in [0.3, 0.4) is 0 Å². The predicted molar refractivity (Wildman–Crippen MR) is 337 cm³/mol. The zero-order valence-corrected chi connectivity index (χ0v) is 56.1. The fourth-order valence-corrected chi connectivity index (χ4v) is 13.9. The van der Waals surface area contributed by atoms with Gasteiger partial charge >= 0.3 is 23.9 Å². The lowest BCUT2D eigenvalue weighted by Gasteiger charge is -2.55. The minimum Gasteiger partial charge on any atom is -0.463 e. The molecule has 2 fully saturated rings. The van der Waals surface area contributed by atoms with Crippen LogP contribution in [0, 0.1) is 5.92 Å². The summed E-state index contributed by atoms with van der Waals surface area (Å²) in [6.07, 6.45) is 23.0. The van der Waals surface area contributed by atoms with Crippen LogP contribution in [-0.2, 0) is 71.5 Å². The highest BCUT2D eigenvalue weighted by Crippen LogP contribution is 2.45. The summed E-state index contributed by atoms with van der Waals surface area (Å²) in [6.45, 7) is 10.6. The Morgan fingerprint density at radius 2 is 0.826 bits per heavy atom. The van der Waals surface area contributed by atoms with Gasteiger partial charge < -0.3 is 53.2 Å². The van der Waals surface area contributed by atoms with Crippen molar-refractivity contribution in [3.8, 4) is 0 Å². The van der Waals surface area contributed by atoms with Crippen molar-refractivity contribution in [1.82, 2.24) is 0 Å². The second-order valence-electron chi connectivity index (χ2n) is 24.2. The SMILES string of the molecule is CCCCCCCCCCCCCCCCCCSCC(CO[C@H]1O[C@H](C(O)C(C)=O)[C@@H](O[C@@H]2O[C@H](COC(C)=O)[C@H](OC(C)=O)[C@H](OC(C)=O)[C@H]2OC(C)=O)[C@@](O)(C(C)=O)[C@]1(O)C(C)=O)CSCCCCCCCCCCCCCCCCCC. The molecule has 3 N–H and O–H groups in total. The van der Waals surface area contributed by atoms with Crippen molar-refractivity contribution in [2.24, 2.45) is 5.92 Å². The Bertz CT molecular complexity index is 1870. The molecule has 20 heteroatoms. The average molecular weight is 1260 g/mol. The number of aliphatic hydroxyl groups is 3. The summed E-state index contributed by atoms with van der Waals surface area (Å²) in [7, 11) is 0. The molecule has 0 spiro atoms. The number of thioether (sulfide) groups is 2. The zero-order valence-electron chi connectivity index (χ0n) is 54.4. The third kappa shape index (κ3) is 30.0. The van der Waals surface area contributed by atoms with Crippen molar-refractivity contribution < 1.29 is 86.8 Å². The third-order valence-electron chi connectivity index (χ3n) is 16.4. The van der Waals surface area contributed by atoms with Crippen molar-refractivity contribution in [2.45, 2.75) is 334 Å². The maximum atomic E-state index is 14.1. The highest BCUT2D eigenvalue weighted by Gasteiger charge is 2.73. The first-order valence-corrected chi connectivity index (χ1v) is 35.5. The van der Waals surface area contributed by atoms with E-state index < -0.39 is 114 Å². The van der Waals surface area contributed by atoms with E-state index in [4.69, 9.17) is 37.9 Å². The summed E-state index contributed by atoms with van der Waals surface area (Å²) < 4.78 is 46.6. The first kappa shape index (κ1) is 79.4. The lowest BCUT2D eigenvalue weighted by molar-refractivity contribution is -0.390. The molecule has 86 heavy (non-hydrogen) atoms. The van der Waals surface area contributed by atoms with Gasteiger partial charge in [-0.25, -0.2) is 0 Å². The number of unbranched alkanes of at least 4 members (excludes halogenated alkanes) is 30. The number of ether oxygens (including phenoxy) is 8. The molecular formula is C66H116O18S2. The van der Waals surface area contributed by atoms with Gasteiger partial charge in [-0.2, -0.15) is 23.5 Å². The summed E-state index contributed by atoms with van der Waals surface area (Å²) in [4.78, 5) is 91.2. The fourth-order valence-electron chi connectivity index (χ4n) is 11.5. The molecule has 1 unspecified atom stereocenters. The number of carbonyl (C=O) groups excluding carboxylic acids is 7. The van der Waals surface area contributed by atoms with E-state index in [-0.39, 0.29) is 12.5 Å². The Morgan fingerprint density at radius 1 is 0.465 bits per heavy atom.